The highest BCUT2D eigenvalue weighted by molar-refractivity contribution is 6.05. The lowest BCUT2D eigenvalue weighted by atomic mass is 9.81. The molecule has 0 bridgehead atoms. The molecule has 2 aliphatic heterocycles. The Morgan fingerprint density at radius 1 is 0.963 bits per heavy atom. The van der Waals surface area contributed by atoms with Gasteiger partial charge in [0, 0.05) is 24.2 Å². The molecule has 6 nitrogen and oxygen atoms in total. The van der Waals surface area contributed by atoms with Crippen LogP contribution in [0.2, 0.25) is 0 Å². The summed E-state index contributed by atoms with van der Waals surface area (Å²) >= 11 is 0. The molecule has 6 heteroatoms. The Balaban J connectivity index is 1.54. The molecule has 0 spiro atoms. The number of hydrogen-bond donors (Lipinski definition) is 0. The van der Waals surface area contributed by atoms with Crippen molar-refractivity contribution in [2.24, 2.45) is 11.8 Å². The van der Waals surface area contributed by atoms with Gasteiger partial charge in [0.25, 0.3) is 0 Å². The number of carbonyl (C=O) groups excluding carboxylic acids is 2. The lowest BCUT2D eigenvalue weighted by molar-refractivity contribution is -0.142. The summed E-state index contributed by atoms with van der Waals surface area (Å²) in [7, 11) is 3.30. The topological polar surface area (TPSA) is 59.1 Å². The second kappa shape index (κ2) is 7.50. The highest BCUT2D eigenvalue weighted by atomic mass is 16.5. The van der Waals surface area contributed by atoms with E-state index in [1.807, 2.05) is 18.2 Å². The number of carbonyl (C=O) groups is 2. The summed E-state index contributed by atoms with van der Waals surface area (Å²) in [5, 5.41) is 0. The zero-order valence-corrected chi connectivity index (χ0v) is 16.1. The van der Waals surface area contributed by atoms with Crippen molar-refractivity contribution in [3.8, 4) is 11.5 Å². The summed E-state index contributed by atoms with van der Waals surface area (Å²) in [6, 6.07) is 6.02. The molecule has 1 saturated carbocycles. The van der Waals surface area contributed by atoms with Gasteiger partial charge in [0.2, 0.25) is 11.8 Å². The number of methoxy groups -OCH3 is 2. The minimum Gasteiger partial charge on any atom is -0.497 e. The van der Waals surface area contributed by atoms with E-state index >= 15 is 0 Å². The van der Waals surface area contributed by atoms with Gasteiger partial charge in [-0.1, -0.05) is 18.9 Å². The fourth-order valence-corrected chi connectivity index (χ4v) is 4.99. The van der Waals surface area contributed by atoms with E-state index in [1.165, 1.54) is 4.90 Å². The normalized spacial score (nSPS) is 28.5. The van der Waals surface area contributed by atoms with Crippen molar-refractivity contribution in [3.05, 3.63) is 23.8 Å². The SMILES string of the molecule is COc1ccc(C2CCCN2CN2C(=O)C3CCCCC3C2=O)c(OC)c1. The van der Waals surface area contributed by atoms with Crippen LogP contribution >= 0.6 is 0 Å². The van der Waals surface area contributed by atoms with E-state index in [0.29, 0.717) is 6.67 Å². The third-order valence-electron chi connectivity index (χ3n) is 6.42. The molecule has 2 amide bonds. The molecule has 3 atom stereocenters. The summed E-state index contributed by atoms with van der Waals surface area (Å²) in [6.07, 6.45) is 5.88. The molecule has 3 aliphatic rings. The van der Waals surface area contributed by atoms with E-state index in [0.717, 1.165) is 62.1 Å². The van der Waals surface area contributed by atoms with E-state index in [-0.39, 0.29) is 29.7 Å². The molecule has 146 valence electrons. The van der Waals surface area contributed by atoms with Gasteiger partial charge in [0.15, 0.2) is 0 Å². The molecular formula is C21H28N2O4. The lowest BCUT2D eigenvalue weighted by Gasteiger charge is -2.29. The van der Waals surface area contributed by atoms with Crippen molar-refractivity contribution in [3.63, 3.8) is 0 Å². The minimum absolute atomic E-state index is 0.0389. The second-order valence-corrected chi connectivity index (χ2v) is 7.82. The van der Waals surface area contributed by atoms with Gasteiger partial charge < -0.3 is 9.47 Å². The van der Waals surface area contributed by atoms with Gasteiger partial charge in [-0.15, -0.1) is 0 Å². The zero-order valence-electron chi connectivity index (χ0n) is 16.1. The molecular weight excluding hydrogens is 344 g/mol. The highest BCUT2D eigenvalue weighted by Crippen LogP contribution is 2.41. The van der Waals surface area contributed by atoms with Gasteiger partial charge >= 0.3 is 0 Å². The van der Waals surface area contributed by atoms with Crippen LogP contribution in [0.1, 0.15) is 50.1 Å². The Bertz CT molecular complexity index is 711. The van der Waals surface area contributed by atoms with Gasteiger partial charge in [0.05, 0.1) is 32.7 Å². The van der Waals surface area contributed by atoms with Crippen molar-refractivity contribution >= 4 is 11.8 Å². The maximum absolute atomic E-state index is 12.8. The Kier molecular flexibility index (Phi) is 5.08. The summed E-state index contributed by atoms with van der Waals surface area (Å²) in [5.74, 6) is 1.47. The highest BCUT2D eigenvalue weighted by Gasteiger charge is 2.49. The first-order valence-electron chi connectivity index (χ1n) is 9.95. The zero-order chi connectivity index (χ0) is 19.0. The second-order valence-electron chi connectivity index (χ2n) is 7.82. The van der Waals surface area contributed by atoms with E-state index in [4.69, 9.17) is 9.47 Å². The average Bonchev–Trinajstić information content (AvgIpc) is 3.26. The van der Waals surface area contributed by atoms with Gasteiger partial charge in [0.1, 0.15) is 11.5 Å². The van der Waals surface area contributed by atoms with E-state index in [9.17, 15) is 9.59 Å². The van der Waals surface area contributed by atoms with Gasteiger partial charge in [-0.25, -0.2) is 0 Å². The monoisotopic (exact) mass is 372 g/mol. The predicted molar refractivity (Wildman–Crippen MR) is 100 cm³/mol. The first-order valence-corrected chi connectivity index (χ1v) is 9.95. The minimum atomic E-state index is -0.0807. The van der Waals surface area contributed by atoms with Crippen LogP contribution in [0.3, 0.4) is 0 Å². The fourth-order valence-electron chi connectivity index (χ4n) is 4.99. The van der Waals surface area contributed by atoms with Crippen molar-refractivity contribution in [1.29, 1.82) is 0 Å². The van der Waals surface area contributed by atoms with Crippen LogP contribution in [0.4, 0.5) is 0 Å². The van der Waals surface area contributed by atoms with Crippen LogP contribution in [0.5, 0.6) is 11.5 Å². The van der Waals surface area contributed by atoms with Crippen molar-refractivity contribution in [1.82, 2.24) is 9.80 Å². The molecule has 2 saturated heterocycles. The summed E-state index contributed by atoms with van der Waals surface area (Å²) in [4.78, 5) is 29.4. The van der Waals surface area contributed by atoms with Crippen molar-refractivity contribution < 1.29 is 19.1 Å². The number of fused-ring (bicyclic) bond motifs is 1. The standard InChI is InChI=1S/C21H28N2O4/c1-26-14-9-10-17(19(12-14)27-2)18-8-5-11-22(18)13-23-20(24)15-6-3-4-7-16(15)21(23)25/h9-10,12,15-16,18H,3-8,11,13H2,1-2H3. The van der Waals surface area contributed by atoms with Crippen LogP contribution in [0.25, 0.3) is 0 Å². The van der Waals surface area contributed by atoms with Crippen molar-refractivity contribution in [2.75, 3.05) is 27.4 Å². The smallest absolute Gasteiger partial charge is 0.234 e. The average molecular weight is 372 g/mol. The van der Waals surface area contributed by atoms with Crippen LogP contribution in [0, 0.1) is 11.8 Å². The van der Waals surface area contributed by atoms with E-state index < -0.39 is 0 Å². The maximum Gasteiger partial charge on any atom is 0.234 e. The molecule has 4 rings (SSSR count). The molecule has 0 aromatic heterocycles. The van der Waals surface area contributed by atoms with Crippen LogP contribution in [-0.4, -0.2) is 49.0 Å². The molecule has 0 radical (unpaired) electrons. The van der Waals surface area contributed by atoms with Crippen LogP contribution in [-0.2, 0) is 9.59 Å². The molecule has 27 heavy (non-hydrogen) atoms. The fraction of sp³-hybridized carbons (Fsp3) is 0.619. The summed E-state index contributed by atoms with van der Waals surface area (Å²) in [6.45, 7) is 1.27. The molecule has 1 aromatic rings. The number of amides is 2. The largest absolute Gasteiger partial charge is 0.497 e. The molecule has 2 heterocycles. The van der Waals surface area contributed by atoms with E-state index in [1.54, 1.807) is 14.2 Å². The first kappa shape index (κ1) is 18.3. The van der Waals surface area contributed by atoms with Crippen molar-refractivity contribution in [2.45, 2.75) is 44.6 Å². The van der Waals surface area contributed by atoms with Gasteiger partial charge in [-0.3, -0.25) is 19.4 Å². The number of benzene rings is 1. The number of likely N-dealkylation sites (tertiary alicyclic amines) is 2. The Hall–Kier alpha value is -2.08. The Labute approximate surface area is 160 Å². The number of rotatable bonds is 5. The number of imide groups is 1. The first-order chi connectivity index (χ1) is 13.1. The third-order valence-corrected chi connectivity index (χ3v) is 6.42. The molecule has 3 fully saturated rings. The quantitative estimate of drug-likeness (QED) is 0.744. The molecule has 1 aliphatic carbocycles. The van der Waals surface area contributed by atoms with Gasteiger partial charge in [-0.2, -0.15) is 0 Å². The number of nitrogens with zero attached hydrogens (tertiary/aromatic N) is 2. The third kappa shape index (κ3) is 3.20. The predicted octanol–water partition coefficient (Wildman–Crippen LogP) is 2.97. The summed E-state index contributed by atoms with van der Waals surface area (Å²) in [5.41, 5.74) is 1.09. The lowest BCUT2D eigenvalue weighted by Crippen LogP contribution is -2.41. The number of hydrogen-bond acceptors (Lipinski definition) is 5. The van der Waals surface area contributed by atoms with Gasteiger partial charge in [-0.05, 0) is 31.7 Å². The summed E-state index contributed by atoms with van der Waals surface area (Å²) < 4.78 is 10.9. The Morgan fingerprint density at radius 3 is 2.30 bits per heavy atom. The van der Waals surface area contributed by atoms with Crippen LogP contribution < -0.4 is 9.47 Å². The number of ether oxygens (including phenoxy) is 2. The van der Waals surface area contributed by atoms with E-state index in [2.05, 4.69) is 4.90 Å². The molecule has 1 aromatic carbocycles. The van der Waals surface area contributed by atoms with Crippen LogP contribution in [0.15, 0.2) is 18.2 Å². The Morgan fingerprint density at radius 2 is 1.67 bits per heavy atom. The maximum atomic E-state index is 12.8. The molecule has 0 N–H and O–H groups in total. The molecule has 3 unspecified atom stereocenters.